The van der Waals surface area contributed by atoms with E-state index in [9.17, 15) is 10.0 Å². The maximum Gasteiger partial charge on any atom is 0.251 e. The molecule has 1 aromatic carbocycles. The Morgan fingerprint density at radius 2 is 1.77 bits per heavy atom. The number of aromatic nitrogens is 1. The van der Waals surface area contributed by atoms with Crippen LogP contribution < -0.4 is 10.2 Å². The number of piperidine rings is 3. The predicted octanol–water partition coefficient (Wildman–Crippen LogP) is 2.54. The van der Waals surface area contributed by atoms with E-state index in [0.29, 0.717) is 24.7 Å². The van der Waals surface area contributed by atoms with Gasteiger partial charge in [0, 0.05) is 36.1 Å². The fourth-order valence-corrected chi connectivity index (χ4v) is 5.51. The number of hydrogen-bond donors (Lipinski definition) is 2. The minimum Gasteiger partial charge on any atom is -0.426 e. The van der Waals surface area contributed by atoms with Crippen LogP contribution in [-0.4, -0.2) is 72.7 Å². The summed E-state index contributed by atoms with van der Waals surface area (Å²) in [5, 5.41) is 14.6. The molecule has 30 heavy (non-hydrogen) atoms. The van der Waals surface area contributed by atoms with Gasteiger partial charge in [-0.05, 0) is 68.2 Å². The van der Waals surface area contributed by atoms with E-state index in [0.717, 1.165) is 35.4 Å². The SMILES string of the molecule is O=C(NC1CN2CCC1CC2)c1ccc(Sc2ccc(N3CCOCC3)n2O)cc1. The summed E-state index contributed by atoms with van der Waals surface area (Å²) in [6.07, 6.45) is 2.38. The molecular formula is C22H28N4O3S. The molecule has 0 saturated carbocycles. The van der Waals surface area contributed by atoms with Crippen LogP contribution in [0.2, 0.25) is 0 Å². The van der Waals surface area contributed by atoms with Gasteiger partial charge >= 0.3 is 0 Å². The molecule has 0 radical (unpaired) electrons. The molecule has 1 aromatic heterocycles. The summed E-state index contributed by atoms with van der Waals surface area (Å²) < 4.78 is 6.62. The third-order valence-corrected chi connectivity index (χ3v) is 7.47. The minimum atomic E-state index is 0.00503. The Labute approximate surface area is 180 Å². The highest BCUT2D eigenvalue weighted by Crippen LogP contribution is 2.32. The molecular weight excluding hydrogens is 400 g/mol. The van der Waals surface area contributed by atoms with Crippen molar-refractivity contribution < 1.29 is 14.7 Å². The van der Waals surface area contributed by atoms with Gasteiger partial charge in [-0.15, -0.1) is 0 Å². The summed E-state index contributed by atoms with van der Waals surface area (Å²) in [4.78, 5) is 18.2. The third-order valence-electron chi connectivity index (χ3n) is 6.45. The second-order valence-corrected chi connectivity index (χ2v) is 9.38. The molecule has 4 fully saturated rings. The fraction of sp³-hybridized carbons (Fsp3) is 0.500. The standard InChI is InChI=1S/C22H28N4O3S/c27-22(23-19-15-24-9-7-16(19)8-10-24)17-1-3-18(4-2-17)30-21-6-5-20(26(21)28)25-11-13-29-14-12-25/h1-6,16,19,28H,7-15H2,(H,23,27). The number of benzene rings is 1. The van der Waals surface area contributed by atoms with E-state index >= 15 is 0 Å². The average molecular weight is 429 g/mol. The number of amides is 1. The summed E-state index contributed by atoms with van der Waals surface area (Å²) in [5.41, 5.74) is 0.684. The van der Waals surface area contributed by atoms with Crippen LogP contribution in [0, 0.1) is 5.92 Å². The normalized spacial score (nSPS) is 26.0. The van der Waals surface area contributed by atoms with Crippen molar-refractivity contribution in [2.45, 2.75) is 28.8 Å². The summed E-state index contributed by atoms with van der Waals surface area (Å²) in [7, 11) is 0. The molecule has 1 unspecified atom stereocenters. The van der Waals surface area contributed by atoms with Crippen molar-refractivity contribution in [3.63, 3.8) is 0 Å². The number of nitrogens with zero attached hydrogens (tertiary/aromatic N) is 3. The third kappa shape index (κ3) is 4.04. The molecule has 7 nitrogen and oxygen atoms in total. The monoisotopic (exact) mass is 428 g/mol. The van der Waals surface area contributed by atoms with Crippen molar-refractivity contribution in [3.05, 3.63) is 42.0 Å². The Morgan fingerprint density at radius 3 is 2.43 bits per heavy atom. The molecule has 2 aromatic rings. The lowest BCUT2D eigenvalue weighted by atomic mass is 9.84. The molecule has 4 aliphatic rings. The van der Waals surface area contributed by atoms with Crippen molar-refractivity contribution in [2.24, 2.45) is 5.92 Å². The van der Waals surface area contributed by atoms with Gasteiger partial charge < -0.3 is 25.1 Å². The Balaban J connectivity index is 1.21. The molecule has 1 amide bonds. The van der Waals surface area contributed by atoms with Crippen LogP contribution >= 0.6 is 11.8 Å². The van der Waals surface area contributed by atoms with Crippen molar-refractivity contribution >= 4 is 23.5 Å². The van der Waals surface area contributed by atoms with E-state index in [1.165, 1.54) is 42.4 Å². The van der Waals surface area contributed by atoms with E-state index in [2.05, 4.69) is 15.1 Å². The number of morpholine rings is 1. The molecule has 2 bridgehead atoms. The maximum atomic E-state index is 12.7. The number of nitrogens with one attached hydrogen (secondary N) is 1. The Hall–Kier alpha value is -2.16. The summed E-state index contributed by atoms with van der Waals surface area (Å²) in [5.74, 6) is 1.41. The zero-order chi connectivity index (χ0) is 20.5. The van der Waals surface area contributed by atoms with E-state index < -0.39 is 0 Å². The highest BCUT2D eigenvalue weighted by atomic mass is 32.2. The topological polar surface area (TPSA) is 70.0 Å². The van der Waals surface area contributed by atoms with Gasteiger partial charge in [0.15, 0.2) is 0 Å². The first kappa shape index (κ1) is 19.8. The summed E-state index contributed by atoms with van der Waals surface area (Å²) in [6, 6.07) is 11.7. The first-order valence-corrected chi connectivity index (χ1v) is 11.5. The second-order valence-electron chi connectivity index (χ2n) is 8.29. The quantitative estimate of drug-likeness (QED) is 0.714. The van der Waals surface area contributed by atoms with Gasteiger partial charge in [0.1, 0.15) is 10.8 Å². The van der Waals surface area contributed by atoms with Crippen LogP contribution in [0.1, 0.15) is 23.2 Å². The summed E-state index contributed by atoms with van der Waals surface area (Å²) in [6.45, 7) is 6.22. The molecule has 4 saturated heterocycles. The number of hydrogen-bond acceptors (Lipinski definition) is 6. The fourth-order valence-electron chi connectivity index (χ4n) is 4.68. The number of anilines is 1. The van der Waals surface area contributed by atoms with Crippen LogP contribution in [0.3, 0.4) is 0 Å². The first-order valence-electron chi connectivity index (χ1n) is 10.7. The van der Waals surface area contributed by atoms with Crippen LogP contribution in [0.25, 0.3) is 0 Å². The van der Waals surface area contributed by atoms with E-state index in [1.54, 1.807) is 0 Å². The Kier molecular flexibility index (Phi) is 5.62. The van der Waals surface area contributed by atoms with Gasteiger partial charge in [0.2, 0.25) is 0 Å². The van der Waals surface area contributed by atoms with Gasteiger partial charge in [-0.1, -0.05) is 11.8 Å². The van der Waals surface area contributed by atoms with Crippen LogP contribution in [0.15, 0.2) is 46.3 Å². The maximum absolute atomic E-state index is 12.7. The van der Waals surface area contributed by atoms with Gasteiger partial charge in [0.25, 0.3) is 5.91 Å². The van der Waals surface area contributed by atoms with Gasteiger partial charge in [-0.25, -0.2) is 0 Å². The van der Waals surface area contributed by atoms with Crippen molar-refractivity contribution in [1.29, 1.82) is 0 Å². The molecule has 160 valence electrons. The van der Waals surface area contributed by atoms with Gasteiger partial charge in [-0.2, -0.15) is 4.73 Å². The highest BCUT2D eigenvalue weighted by Gasteiger charge is 2.34. The van der Waals surface area contributed by atoms with Crippen molar-refractivity contribution in [3.8, 4) is 0 Å². The Morgan fingerprint density at radius 1 is 1.03 bits per heavy atom. The molecule has 5 heterocycles. The largest absolute Gasteiger partial charge is 0.426 e. The Bertz CT molecular complexity index is 886. The molecule has 1 atom stereocenters. The van der Waals surface area contributed by atoms with Crippen LogP contribution in [0.4, 0.5) is 5.82 Å². The molecule has 8 heteroatoms. The molecule has 0 aliphatic carbocycles. The smallest absolute Gasteiger partial charge is 0.251 e. The average Bonchev–Trinajstić information content (AvgIpc) is 3.15. The number of fused-ring (bicyclic) bond motifs is 3. The van der Waals surface area contributed by atoms with E-state index in [4.69, 9.17) is 4.74 Å². The van der Waals surface area contributed by atoms with Crippen LogP contribution in [0.5, 0.6) is 0 Å². The van der Waals surface area contributed by atoms with Gasteiger partial charge in [-0.3, -0.25) is 4.79 Å². The lowest BCUT2D eigenvalue weighted by Crippen LogP contribution is -2.57. The predicted molar refractivity (Wildman–Crippen MR) is 116 cm³/mol. The lowest BCUT2D eigenvalue weighted by Gasteiger charge is -2.44. The lowest BCUT2D eigenvalue weighted by molar-refractivity contribution is 0.0620. The number of carbonyl (C=O) groups excluding carboxylic acids is 1. The first-order chi connectivity index (χ1) is 14.7. The zero-order valence-electron chi connectivity index (χ0n) is 17.0. The number of carbonyl (C=O) groups is 1. The summed E-state index contributed by atoms with van der Waals surface area (Å²) >= 11 is 1.48. The van der Waals surface area contributed by atoms with E-state index in [-0.39, 0.29) is 11.9 Å². The number of ether oxygens (including phenoxy) is 1. The molecule has 2 N–H and O–H groups in total. The molecule has 6 rings (SSSR count). The van der Waals surface area contributed by atoms with Crippen LogP contribution in [-0.2, 0) is 4.74 Å². The highest BCUT2D eigenvalue weighted by molar-refractivity contribution is 7.99. The van der Waals surface area contributed by atoms with Crippen molar-refractivity contribution in [2.75, 3.05) is 50.8 Å². The number of rotatable bonds is 5. The van der Waals surface area contributed by atoms with E-state index in [1.807, 2.05) is 36.4 Å². The second kappa shape index (κ2) is 8.53. The van der Waals surface area contributed by atoms with Gasteiger partial charge in [0.05, 0.1) is 13.2 Å². The zero-order valence-corrected chi connectivity index (χ0v) is 17.8. The minimum absolute atomic E-state index is 0.00503. The molecule has 0 spiro atoms. The van der Waals surface area contributed by atoms with Crippen molar-refractivity contribution in [1.82, 2.24) is 14.9 Å². The molecule has 4 aliphatic heterocycles.